The molecule has 0 radical (unpaired) electrons. The average Bonchev–Trinajstić information content (AvgIpc) is 3.32. The third kappa shape index (κ3) is 4.19. The number of aliphatic hydroxyl groups excluding tert-OH is 1. The number of aromatic nitrogens is 5. The van der Waals surface area contributed by atoms with Gasteiger partial charge in [-0.2, -0.15) is 5.10 Å². The third-order valence-corrected chi connectivity index (χ3v) is 6.32. The van der Waals surface area contributed by atoms with E-state index in [1.165, 1.54) is 6.07 Å². The first kappa shape index (κ1) is 23.1. The molecule has 1 aliphatic heterocycles. The Morgan fingerprint density at radius 2 is 2.03 bits per heavy atom. The number of hydrogen-bond donors (Lipinski definition) is 3. The summed E-state index contributed by atoms with van der Waals surface area (Å²) in [5.74, 6) is 1.28. The number of halogens is 1. The second kappa shape index (κ2) is 9.20. The van der Waals surface area contributed by atoms with E-state index in [4.69, 9.17) is 19.8 Å². The van der Waals surface area contributed by atoms with Crippen LogP contribution < -0.4 is 10.6 Å². The van der Waals surface area contributed by atoms with Crippen molar-refractivity contribution in [3.63, 3.8) is 0 Å². The van der Waals surface area contributed by atoms with Crippen LogP contribution in [0.25, 0.3) is 22.6 Å². The van der Waals surface area contributed by atoms with Gasteiger partial charge in [-0.05, 0) is 24.6 Å². The van der Waals surface area contributed by atoms with E-state index in [9.17, 15) is 9.50 Å². The molecule has 3 N–H and O–H groups in total. The quantitative estimate of drug-likeness (QED) is 0.331. The molecular weight excluding hydrogens is 449 g/mol. The minimum atomic E-state index is -0.807. The molecule has 0 saturated heterocycles. The highest BCUT2D eigenvalue weighted by Gasteiger charge is 2.42. The Kier molecular flexibility index (Phi) is 6.08. The molecule has 35 heavy (non-hydrogen) atoms. The smallest absolute Gasteiger partial charge is 0.184 e. The second-order valence-corrected chi connectivity index (χ2v) is 9.13. The standard InChI is InChI=1S/C25H28FN7O2/c1-25(2)18-20(27-12-7-13-35-3)29-22(30-21(18)31-24(25)34)19-16-9-6-11-28-23(16)33(32-19)14-15-8-4-5-10-17(15)26/h4-6,8-11,24,34H,7,12-14H2,1-3H3,(H2,27,29,30,31). The van der Waals surface area contributed by atoms with Crippen molar-refractivity contribution in [1.29, 1.82) is 0 Å². The van der Waals surface area contributed by atoms with Crippen LogP contribution in [0.2, 0.25) is 0 Å². The van der Waals surface area contributed by atoms with E-state index in [1.807, 2.05) is 26.0 Å². The fourth-order valence-electron chi connectivity index (χ4n) is 4.35. The fourth-order valence-corrected chi connectivity index (χ4v) is 4.35. The van der Waals surface area contributed by atoms with Gasteiger partial charge in [-0.15, -0.1) is 0 Å². The Labute approximate surface area is 202 Å². The Morgan fingerprint density at radius 1 is 1.20 bits per heavy atom. The van der Waals surface area contributed by atoms with E-state index in [1.54, 1.807) is 36.2 Å². The summed E-state index contributed by atoms with van der Waals surface area (Å²) in [6, 6.07) is 10.3. The van der Waals surface area contributed by atoms with Crippen LogP contribution in [-0.2, 0) is 16.7 Å². The summed E-state index contributed by atoms with van der Waals surface area (Å²) in [6.07, 6.45) is 1.67. The number of hydrogen-bond acceptors (Lipinski definition) is 8. The second-order valence-electron chi connectivity index (χ2n) is 9.13. The Morgan fingerprint density at radius 3 is 2.83 bits per heavy atom. The van der Waals surface area contributed by atoms with E-state index in [-0.39, 0.29) is 12.4 Å². The summed E-state index contributed by atoms with van der Waals surface area (Å²) in [4.78, 5) is 14.1. The lowest BCUT2D eigenvalue weighted by atomic mass is 9.86. The lowest BCUT2D eigenvalue weighted by Gasteiger charge is -2.24. The van der Waals surface area contributed by atoms with Crippen molar-refractivity contribution in [1.82, 2.24) is 24.7 Å². The van der Waals surface area contributed by atoms with Gasteiger partial charge in [0.25, 0.3) is 0 Å². The van der Waals surface area contributed by atoms with Crippen molar-refractivity contribution in [2.75, 3.05) is 30.9 Å². The molecule has 0 amide bonds. The molecule has 4 heterocycles. The van der Waals surface area contributed by atoms with Gasteiger partial charge in [0, 0.05) is 43.0 Å². The maximum Gasteiger partial charge on any atom is 0.184 e. The topological polar surface area (TPSA) is 110 Å². The van der Waals surface area contributed by atoms with E-state index in [0.717, 1.165) is 17.4 Å². The number of benzene rings is 1. The maximum atomic E-state index is 14.4. The van der Waals surface area contributed by atoms with Gasteiger partial charge < -0.3 is 20.5 Å². The zero-order chi connectivity index (χ0) is 24.6. The molecule has 0 fully saturated rings. The van der Waals surface area contributed by atoms with Gasteiger partial charge in [-0.3, -0.25) is 0 Å². The third-order valence-electron chi connectivity index (χ3n) is 6.32. The van der Waals surface area contributed by atoms with E-state index >= 15 is 0 Å². The van der Waals surface area contributed by atoms with Crippen LogP contribution in [0.5, 0.6) is 0 Å². The molecule has 10 heteroatoms. The first-order valence-electron chi connectivity index (χ1n) is 11.6. The first-order chi connectivity index (χ1) is 16.9. The maximum absolute atomic E-state index is 14.4. The number of methoxy groups -OCH3 is 1. The van der Waals surface area contributed by atoms with Crippen LogP contribution in [0.4, 0.5) is 16.0 Å². The number of ether oxygens (including phenoxy) is 1. The molecule has 0 spiro atoms. The predicted molar refractivity (Wildman–Crippen MR) is 132 cm³/mol. The summed E-state index contributed by atoms with van der Waals surface area (Å²) in [5.41, 5.74) is 1.88. The molecule has 182 valence electrons. The summed E-state index contributed by atoms with van der Waals surface area (Å²) in [7, 11) is 1.67. The van der Waals surface area contributed by atoms with Crippen molar-refractivity contribution >= 4 is 22.7 Å². The number of anilines is 2. The highest BCUT2D eigenvalue weighted by atomic mass is 19.1. The zero-order valence-electron chi connectivity index (χ0n) is 19.9. The zero-order valence-corrected chi connectivity index (χ0v) is 19.9. The number of aliphatic hydroxyl groups is 1. The molecular formula is C25H28FN7O2. The lowest BCUT2D eigenvalue weighted by molar-refractivity contribution is 0.137. The predicted octanol–water partition coefficient (Wildman–Crippen LogP) is 3.55. The molecule has 5 rings (SSSR count). The van der Waals surface area contributed by atoms with Crippen LogP contribution in [0, 0.1) is 5.82 Å². The highest BCUT2D eigenvalue weighted by Crippen LogP contribution is 2.43. The van der Waals surface area contributed by atoms with Crippen LogP contribution in [-0.4, -0.2) is 56.3 Å². The summed E-state index contributed by atoms with van der Waals surface area (Å²) >= 11 is 0. The van der Waals surface area contributed by atoms with E-state index in [2.05, 4.69) is 15.6 Å². The molecule has 0 bridgehead atoms. The Balaban J connectivity index is 1.61. The number of fused-ring (bicyclic) bond motifs is 2. The van der Waals surface area contributed by atoms with Gasteiger partial charge in [0.15, 0.2) is 11.5 Å². The van der Waals surface area contributed by atoms with E-state index in [0.29, 0.717) is 47.5 Å². The van der Waals surface area contributed by atoms with Crippen molar-refractivity contribution in [3.8, 4) is 11.5 Å². The van der Waals surface area contributed by atoms with Gasteiger partial charge in [-0.1, -0.05) is 32.0 Å². The number of nitrogens with zero attached hydrogens (tertiary/aromatic N) is 5. The molecule has 4 aromatic rings. The molecule has 3 aromatic heterocycles. The summed E-state index contributed by atoms with van der Waals surface area (Å²) < 4.78 is 21.2. The minimum absolute atomic E-state index is 0.219. The van der Waals surface area contributed by atoms with E-state index < -0.39 is 11.6 Å². The largest absolute Gasteiger partial charge is 0.385 e. The molecule has 0 saturated carbocycles. The SMILES string of the molecule is COCCCNc1nc(-c2nn(Cc3ccccc3F)c3ncccc23)nc2c1C(C)(C)C(O)N2. The summed E-state index contributed by atoms with van der Waals surface area (Å²) in [6.45, 7) is 5.38. The van der Waals surface area contributed by atoms with Gasteiger partial charge in [0.1, 0.15) is 29.4 Å². The number of nitrogens with one attached hydrogen (secondary N) is 2. The monoisotopic (exact) mass is 477 g/mol. The first-order valence-corrected chi connectivity index (χ1v) is 11.6. The normalized spacial score (nSPS) is 16.3. The van der Waals surface area contributed by atoms with Gasteiger partial charge >= 0.3 is 0 Å². The Bertz CT molecular complexity index is 1370. The van der Waals surface area contributed by atoms with Crippen LogP contribution in [0.1, 0.15) is 31.4 Å². The molecule has 1 unspecified atom stereocenters. The van der Waals surface area contributed by atoms with Gasteiger partial charge in [0.2, 0.25) is 0 Å². The molecule has 9 nitrogen and oxygen atoms in total. The van der Waals surface area contributed by atoms with Crippen LogP contribution in [0.15, 0.2) is 42.6 Å². The minimum Gasteiger partial charge on any atom is -0.385 e. The molecule has 1 atom stereocenters. The number of pyridine rings is 1. The number of rotatable bonds is 8. The van der Waals surface area contributed by atoms with Crippen molar-refractivity contribution < 1.29 is 14.2 Å². The van der Waals surface area contributed by atoms with Crippen LogP contribution >= 0.6 is 0 Å². The average molecular weight is 478 g/mol. The summed E-state index contributed by atoms with van der Waals surface area (Å²) in [5, 5.41) is 22.6. The van der Waals surface area contributed by atoms with Gasteiger partial charge in [-0.25, -0.2) is 24.0 Å². The van der Waals surface area contributed by atoms with Crippen molar-refractivity contribution in [2.45, 2.75) is 38.5 Å². The fraction of sp³-hybridized carbons (Fsp3) is 0.360. The van der Waals surface area contributed by atoms with Crippen molar-refractivity contribution in [3.05, 3.63) is 59.5 Å². The van der Waals surface area contributed by atoms with Crippen molar-refractivity contribution in [2.24, 2.45) is 0 Å². The molecule has 1 aliphatic rings. The molecule has 1 aromatic carbocycles. The van der Waals surface area contributed by atoms with Gasteiger partial charge in [0.05, 0.1) is 11.9 Å². The highest BCUT2D eigenvalue weighted by molar-refractivity contribution is 5.90. The van der Waals surface area contributed by atoms with Crippen LogP contribution in [0.3, 0.4) is 0 Å². The molecule has 0 aliphatic carbocycles. The Hall–Kier alpha value is -3.63. The lowest BCUT2D eigenvalue weighted by Crippen LogP contribution is -2.33.